The van der Waals surface area contributed by atoms with Crippen molar-refractivity contribution in [2.75, 3.05) is 19.8 Å². The van der Waals surface area contributed by atoms with Crippen LogP contribution in [0.25, 0.3) is 0 Å². The second-order valence-electron chi connectivity index (χ2n) is 7.01. The zero-order valence-electron chi connectivity index (χ0n) is 18.1. The molecule has 30 heavy (non-hydrogen) atoms. The maximum absolute atomic E-state index is 13.6. The summed E-state index contributed by atoms with van der Waals surface area (Å²) in [6.07, 6.45) is 5.52. The first-order valence-electron chi connectivity index (χ1n) is 10.8. The summed E-state index contributed by atoms with van der Waals surface area (Å²) in [6.45, 7) is 7.42. The Morgan fingerprint density at radius 1 is 0.533 bits per heavy atom. The van der Waals surface area contributed by atoms with E-state index in [1.807, 2.05) is 20.8 Å². The van der Waals surface area contributed by atoms with Crippen LogP contribution in [0.15, 0.2) is 0 Å². The highest BCUT2D eigenvalue weighted by Crippen LogP contribution is 2.25. The Bertz CT molecular complexity index is 600. The standard InChI is InChI=1S/C21H33F5O3Si/c1-4-27-30(28-5-2,29-6-3)15-13-11-9-7-8-10-12-14-16-17(22)19(24)21(26)20(25)18(16)23/h4-15H2,1-3H3. The number of halogens is 5. The first kappa shape index (κ1) is 27.0. The van der Waals surface area contributed by atoms with Crippen LogP contribution in [-0.2, 0) is 19.7 Å². The molecular formula is C21H33F5O3Si. The third-order valence-corrected chi connectivity index (χ3v) is 7.95. The van der Waals surface area contributed by atoms with Gasteiger partial charge in [0.1, 0.15) is 0 Å². The normalized spacial score (nSPS) is 12.0. The van der Waals surface area contributed by atoms with Gasteiger partial charge >= 0.3 is 8.80 Å². The van der Waals surface area contributed by atoms with Gasteiger partial charge in [0, 0.05) is 31.4 Å². The molecule has 0 radical (unpaired) electrons. The molecule has 0 aliphatic carbocycles. The van der Waals surface area contributed by atoms with Crippen molar-refractivity contribution in [2.24, 2.45) is 0 Å². The molecule has 0 aromatic heterocycles. The zero-order chi connectivity index (χ0) is 22.6. The third-order valence-electron chi connectivity index (χ3n) is 4.80. The van der Waals surface area contributed by atoms with E-state index in [2.05, 4.69) is 0 Å². The molecule has 0 bridgehead atoms. The van der Waals surface area contributed by atoms with Crippen LogP contribution in [0.4, 0.5) is 22.0 Å². The molecule has 9 heteroatoms. The molecule has 0 aliphatic rings. The molecular weight excluding hydrogens is 423 g/mol. The van der Waals surface area contributed by atoms with Crippen LogP contribution in [0.3, 0.4) is 0 Å². The SMILES string of the molecule is CCO[Si](CCCCCCCCCc1c(F)c(F)c(F)c(F)c1F)(OCC)OCC. The quantitative estimate of drug-likeness (QED) is 0.0910. The summed E-state index contributed by atoms with van der Waals surface area (Å²) in [6, 6.07) is 0.767. The molecule has 0 fully saturated rings. The highest BCUT2D eigenvalue weighted by atomic mass is 28.4. The largest absolute Gasteiger partial charge is 0.500 e. The Labute approximate surface area is 177 Å². The number of unbranched alkanes of at least 4 members (excludes halogenated alkanes) is 6. The van der Waals surface area contributed by atoms with Crippen molar-refractivity contribution in [3.05, 3.63) is 34.6 Å². The molecule has 1 aromatic rings. The average Bonchev–Trinajstić information content (AvgIpc) is 2.72. The van der Waals surface area contributed by atoms with Gasteiger partial charge in [-0.3, -0.25) is 0 Å². The fraction of sp³-hybridized carbons (Fsp3) is 0.714. The summed E-state index contributed by atoms with van der Waals surface area (Å²) < 4.78 is 84.1. The van der Waals surface area contributed by atoms with Crippen LogP contribution < -0.4 is 0 Å². The molecule has 1 rings (SSSR count). The molecule has 174 valence electrons. The molecule has 0 amide bonds. The van der Waals surface area contributed by atoms with E-state index in [9.17, 15) is 22.0 Å². The van der Waals surface area contributed by atoms with Gasteiger partial charge in [-0.05, 0) is 40.0 Å². The predicted octanol–water partition coefficient (Wildman–Crippen LogP) is 6.70. The maximum Gasteiger partial charge on any atom is 0.500 e. The van der Waals surface area contributed by atoms with E-state index in [1.165, 1.54) is 0 Å². The predicted molar refractivity (Wildman–Crippen MR) is 108 cm³/mol. The van der Waals surface area contributed by atoms with E-state index >= 15 is 0 Å². The van der Waals surface area contributed by atoms with Gasteiger partial charge in [-0.2, -0.15) is 0 Å². The van der Waals surface area contributed by atoms with Crippen molar-refractivity contribution in [1.29, 1.82) is 0 Å². The van der Waals surface area contributed by atoms with Crippen molar-refractivity contribution in [3.8, 4) is 0 Å². The Hall–Kier alpha value is -1.03. The summed E-state index contributed by atoms with van der Waals surface area (Å²) in [5.41, 5.74) is -0.726. The summed E-state index contributed by atoms with van der Waals surface area (Å²) >= 11 is 0. The van der Waals surface area contributed by atoms with E-state index in [4.69, 9.17) is 13.3 Å². The van der Waals surface area contributed by atoms with E-state index in [0.717, 1.165) is 38.1 Å². The molecule has 0 saturated heterocycles. The fourth-order valence-electron chi connectivity index (χ4n) is 3.40. The van der Waals surface area contributed by atoms with Gasteiger partial charge in [-0.1, -0.05) is 32.1 Å². The lowest BCUT2D eigenvalue weighted by Crippen LogP contribution is -2.45. The monoisotopic (exact) mass is 456 g/mol. The molecule has 0 unspecified atom stereocenters. The molecule has 0 heterocycles. The van der Waals surface area contributed by atoms with E-state index in [1.54, 1.807) is 0 Å². The maximum atomic E-state index is 13.6. The highest BCUT2D eigenvalue weighted by Gasteiger charge is 2.39. The highest BCUT2D eigenvalue weighted by molar-refractivity contribution is 6.60. The minimum absolute atomic E-state index is 0.170. The Morgan fingerprint density at radius 3 is 1.33 bits per heavy atom. The lowest BCUT2D eigenvalue weighted by Gasteiger charge is -2.28. The van der Waals surface area contributed by atoms with E-state index in [0.29, 0.717) is 32.7 Å². The van der Waals surface area contributed by atoms with Crippen molar-refractivity contribution in [3.63, 3.8) is 0 Å². The van der Waals surface area contributed by atoms with Crippen molar-refractivity contribution in [2.45, 2.75) is 78.2 Å². The fourth-order valence-corrected chi connectivity index (χ4v) is 6.08. The minimum atomic E-state index is -2.60. The topological polar surface area (TPSA) is 27.7 Å². The average molecular weight is 457 g/mol. The number of hydrogen-bond donors (Lipinski definition) is 0. The van der Waals surface area contributed by atoms with Gasteiger partial charge in [0.05, 0.1) is 0 Å². The second-order valence-corrected chi connectivity index (χ2v) is 9.74. The summed E-state index contributed by atoms with van der Waals surface area (Å²) in [4.78, 5) is 0. The zero-order valence-corrected chi connectivity index (χ0v) is 19.1. The Balaban J connectivity index is 2.30. The first-order chi connectivity index (χ1) is 14.3. The van der Waals surface area contributed by atoms with Crippen LogP contribution in [0, 0.1) is 29.1 Å². The third kappa shape index (κ3) is 7.90. The van der Waals surface area contributed by atoms with Crippen LogP contribution in [0.1, 0.15) is 71.3 Å². The van der Waals surface area contributed by atoms with Gasteiger partial charge in [-0.25, -0.2) is 22.0 Å². The van der Waals surface area contributed by atoms with Crippen molar-refractivity contribution in [1.82, 2.24) is 0 Å². The summed E-state index contributed by atoms with van der Waals surface area (Å²) in [5, 5.41) is 0. The second kappa shape index (κ2) is 14.1. The molecule has 0 spiro atoms. The summed E-state index contributed by atoms with van der Waals surface area (Å²) in [5.74, 6) is -9.32. The van der Waals surface area contributed by atoms with Crippen LogP contribution in [-0.4, -0.2) is 28.6 Å². The Morgan fingerprint density at radius 2 is 0.900 bits per heavy atom. The number of hydrogen-bond acceptors (Lipinski definition) is 3. The summed E-state index contributed by atoms with van der Waals surface area (Å²) in [7, 11) is -2.60. The van der Waals surface area contributed by atoms with Crippen molar-refractivity contribution >= 4 is 8.80 Å². The minimum Gasteiger partial charge on any atom is -0.374 e. The lowest BCUT2D eigenvalue weighted by molar-refractivity contribution is 0.0706. The van der Waals surface area contributed by atoms with Crippen LogP contribution in [0.5, 0.6) is 0 Å². The van der Waals surface area contributed by atoms with E-state index in [-0.39, 0.29) is 6.42 Å². The molecule has 1 aromatic carbocycles. The van der Waals surface area contributed by atoms with Crippen molar-refractivity contribution < 1.29 is 35.2 Å². The molecule has 0 aliphatic heterocycles. The van der Waals surface area contributed by atoms with Gasteiger partial charge in [-0.15, -0.1) is 0 Å². The van der Waals surface area contributed by atoms with E-state index < -0.39 is 43.5 Å². The Kier molecular flexibility index (Phi) is 12.7. The van der Waals surface area contributed by atoms with Gasteiger partial charge < -0.3 is 13.3 Å². The molecule has 3 nitrogen and oxygen atoms in total. The molecule has 0 atom stereocenters. The smallest absolute Gasteiger partial charge is 0.374 e. The number of benzene rings is 1. The van der Waals surface area contributed by atoms with Gasteiger partial charge in [0.2, 0.25) is 5.82 Å². The van der Waals surface area contributed by atoms with Gasteiger partial charge in [0.15, 0.2) is 23.3 Å². The lowest BCUT2D eigenvalue weighted by atomic mass is 10.0. The molecule has 0 saturated carbocycles. The van der Waals surface area contributed by atoms with Crippen LogP contribution in [0.2, 0.25) is 6.04 Å². The first-order valence-corrected chi connectivity index (χ1v) is 12.7. The van der Waals surface area contributed by atoms with Gasteiger partial charge in [0.25, 0.3) is 0 Å². The molecule has 0 N–H and O–H groups in total. The number of rotatable bonds is 16. The van der Waals surface area contributed by atoms with Crippen LogP contribution >= 0.6 is 0 Å².